The number of amides is 1. The molecule has 1 amide bonds. The quantitative estimate of drug-likeness (QED) is 0.201. The lowest BCUT2D eigenvalue weighted by Crippen LogP contribution is -2.25. The van der Waals surface area contributed by atoms with Gasteiger partial charge in [0.1, 0.15) is 5.69 Å². The Balaban J connectivity index is 0.000000312. The molecule has 0 aliphatic rings. The number of hydrogen-bond acceptors (Lipinski definition) is 4. The van der Waals surface area contributed by atoms with Crippen LogP contribution in [0.15, 0.2) is 54.7 Å². The third-order valence-electron chi connectivity index (χ3n) is 5.55. The van der Waals surface area contributed by atoms with E-state index in [9.17, 15) is 18.4 Å². The van der Waals surface area contributed by atoms with Crippen molar-refractivity contribution in [3.63, 3.8) is 0 Å². The molecule has 0 spiro atoms. The van der Waals surface area contributed by atoms with Crippen molar-refractivity contribution in [3.05, 3.63) is 88.7 Å². The molecule has 0 aliphatic heterocycles. The van der Waals surface area contributed by atoms with Crippen molar-refractivity contribution in [3.8, 4) is 23.6 Å². The number of carbonyl (C=O) groups is 2. The second-order valence-corrected chi connectivity index (χ2v) is 8.39. The van der Waals surface area contributed by atoms with E-state index in [1.165, 1.54) is 6.07 Å². The van der Waals surface area contributed by atoms with Crippen LogP contribution in [0.4, 0.5) is 8.78 Å². The van der Waals surface area contributed by atoms with Gasteiger partial charge in [0.25, 0.3) is 5.91 Å². The number of aromatic nitrogens is 1. The van der Waals surface area contributed by atoms with E-state index in [1.54, 1.807) is 18.3 Å². The second kappa shape index (κ2) is 14.3. The minimum atomic E-state index is -1.17. The van der Waals surface area contributed by atoms with Crippen molar-refractivity contribution in [2.75, 3.05) is 6.54 Å². The lowest BCUT2D eigenvalue weighted by atomic mass is 9.92. The number of unbranched alkanes of at least 4 members (excludes halogenated alkanes) is 1. The molecule has 1 heterocycles. The molecule has 0 radical (unpaired) electrons. The van der Waals surface area contributed by atoms with Crippen LogP contribution in [-0.2, 0) is 4.79 Å². The highest BCUT2D eigenvalue weighted by molar-refractivity contribution is 5.92. The summed E-state index contributed by atoms with van der Waals surface area (Å²) in [4.78, 5) is 26.3. The Morgan fingerprint density at radius 2 is 1.81 bits per heavy atom. The zero-order chi connectivity index (χ0) is 27.4. The third-order valence-corrected chi connectivity index (χ3v) is 5.55. The second-order valence-electron chi connectivity index (χ2n) is 8.39. The summed E-state index contributed by atoms with van der Waals surface area (Å²) >= 11 is 0. The lowest BCUT2D eigenvalue weighted by molar-refractivity contribution is -0.137. The average Bonchev–Trinajstić information content (AvgIpc) is 2.86. The summed E-state index contributed by atoms with van der Waals surface area (Å²) in [5.41, 5.74) is 3.46. The van der Waals surface area contributed by atoms with E-state index in [-0.39, 0.29) is 11.5 Å². The SMILES string of the molecule is C#CNC(CC(=O)O)c1cc(-c2c(C)cccc2C)cc(F)c1F.CCCCNC(=O)c1ccccn1. The summed E-state index contributed by atoms with van der Waals surface area (Å²) in [6.45, 7) is 6.56. The smallest absolute Gasteiger partial charge is 0.305 e. The van der Waals surface area contributed by atoms with Crippen LogP contribution in [-0.4, -0.2) is 28.5 Å². The predicted octanol–water partition coefficient (Wildman–Crippen LogP) is 5.56. The Kier molecular flexibility index (Phi) is 11.2. The summed E-state index contributed by atoms with van der Waals surface area (Å²) in [6.07, 6.45) is 8.41. The van der Waals surface area contributed by atoms with Crippen molar-refractivity contribution in [2.45, 2.75) is 46.1 Å². The van der Waals surface area contributed by atoms with Gasteiger partial charge < -0.3 is 15.7 Å². The Morgan fingerprint density at radius 1 is 1.11 bits per heavy atom. The Labute approximate surface area is 216 Å². The number of carbonyl (C=O) groups excluding carboxylic acids is 1. The van der Waals surface area contributed by atoms with E-state index in [1.807, 2.05) is 38.1 Å². The maximum Gasteiger partial charge on any atom is 0.305 e. The van der Waals surface area contributed by atoms with Crippen LogP contribution in [0.5, 0.6) is 0 Å². The predicted molar refractivity (Wildman–Crippen MR) is 140 cm³/mol. The zero-order valence-electron chi connectivity index (χ0n) is 21.1. The fourth-order valence-corrected chi connectivity index (χ4v) is 3.76. The van der Waals surface area contributed by atoms with E-state index in [0.717, 1.165) is 42.1 Å². The Hall–Kier alpha value is -4.25. The van der Waals surface area contributed by atoms with Crippen LogP contribution in [0.2, 0.25) is 0 Å². The molecule has 2 aromatic carbocycles. The van der Waals surface area contributed by atoms with Gasteiger partial charge in [0.15, 0.2) is 11.6 Å². The van der Waals surface area contributed by atoms with Gasteiger partial charge in [0.05, 0.1) is 12.5 Å². The van der Waals surface area contributed by atoms with Gasteiger partial charge in [0.2, 0.25) is 0 Å². The van der Waals surface area contributed by atoms with Crippen LogP contribution in [0.3, 0.4) is 0 Å². The summed E-state index contributed by atoms with van der Waals surface area (Å²) < 4.78 is 28.4. The molecule has 1 atom stereocenters. The molecule has 3 rings (SSSR count). The molecule has 8 heteroatoms. The molecule has 1 unspecified atom stereocenters. The van der Waals surface area contributed by atoms with Crippen LogP contribution in [0, 0.1) is 37.9 Å². The largest absolute Gasteiger partial charge is 0.481 e. The number of nitrogens with zero attached hydrogens (tertiary/aromatic N) is 1. The first-order valence-electron chi connectivity index (χ1n) is 11.9. The van der Waals surface area contributed by atoms with Crippen LogP contribution < -0.4 is 10.6 Å². The van der Waals surface area contributed by atoms with E-state index in [2.05, 4.69) is 28.6 Å². The molecular weight excluding hydrogens is 476 g/mol. The van der Waals surface area contributed by atoms with Gasteiger partial charge in [-0.1, -0.05) is 44.0 Å². The van der Waals surface area contributed by atoms with Gasteiger partial charge >= 0.3 is 5.97 Å². The molecule has 1 aromatic heterocycles. The number of hydrogen-bond donors (Lipinski definition) is 3. The van der Waals surface area contributed by atoms with Crippen molar-refractivity contribution in [1.82, 2.24) is 15.6 Å². The first kappa shape index (κ1) is 29.0. The van der Waals surface area contributed by atoms with Gasteiger partial charge in [-0.25, -0.2) is 8.78 Å². The van der Waals surface area contributed by atoms with Gasteiger partial charge in [-0.05, 0) is 66.8 Å². The molecule has 37 heavy (non-hydrogen) atoms. The van der Waals surface area contributed by atoms with Gasteiger partial charge in [0, 0.05) is 24.3 Å². The maximum atomic E-state index is 14.2. The highest BCUT2D eigenvalue weighted by Crippen LogP contribution is 2.32. The Bertz CT molecular complexity index is 1240. The molecule has 0 aliphatic carbocycles. The number of terminal acetylenes is 1. The normalized spacial score (nSPS) is 10.9. The maximum absolute atomic E-state index is 14.2. The molecule has 0 fully saturated rings. The zero-order valence-corrected chi connectivity index (χ0v) is 21.1. The number of nitrogens with one attached hydrogen (secondary N) is 2. The first-order valence-corrected chi connectivity index (χ1v) is 11.9. The van der Waals surface area contributed by atoms with Crippen LogP contribution >= 0.6 is 0 Å². The van der Waals surface area contributed by atoms with E-state index >= 15 is 0 Å². The summed E-state index contributed by atoms with van der Waals surface area (Å²) in [5.74, 6) is -3.40. The minimum Gasteiger partial charge on any atom is -0.481 e. The highest BCUT2D eigenvalue weighted by atomic mass is 19.2. The van der Waals surface area contributed by atoms with Crippen molar-refractivity contribution < 1.29 is 23.5 Å². The number of rotatable bonds is 9. The fraction of sp³-hybridized carbons (Fsp3) is 0.276. The fourth-order valence-electron chi connectivity index (χ4n) is 3.76. The topological polar surface area (TPSA) is 91.3 Å². The Morgan fingerprint density at radius 3 is 2.38 bits per heavy atom. The molecule has 3 N–H and O–H groups in total. The third kappa shape index (κ3) is 8.43. The number of pyridine rings is 1. The van der Waals surface area contributed by atoms with Crippen LogP contribution in [0.1, 0.15) is 59.4 Å². The number of carboxylic acid groups (broad SMARTS) is 1. The summed E-state index contributed by atoms with van der Waals surface area (Å²) in [6, 6.07) is 14.6. The van der Waals surface area contributed by atoms with Gasteiger partial charge in [-0.15, -0.1) is 0 Å². The molecule has 194 valence electrons. The van der Waals surface area contributed by atoms with Crippen LogP contribution in [0.25, 0.3) is 11.1 Å². The molecule has 0 saturated carbocycles. The van der Waals surface area contributed by atoms with Crippen molar-refractivity contribution >= 4 is 11.9 Å². The number of halogens is 2. The van der Waals surface area contributed by atoms with E-state index in [4.69, 9.17) is 11.5 Å². The van der Waals surface area contributed by atoms with E-state index in [0.29, 0.717) is 11.3 Å². The number of benzene rings is 2. The summed E-state index contributed by atoms with van der Waals surface area (Å²) in [7, 11) is 0. The highest BCUT2D eigenvalue weighted by Gasteiger charge is 2.22. The number of aryl methyl sites for hydroxylation is 2. The van der Waals surface area contributed by atoms with Crippen molar-refractivity contribution in [2.24, 2.45) is 0 Å². The summed E-state index contributed by atoms with van der Waals surface area (Å²) in [5, 5.41) is 14.2. The first-order chi connectivity index (χ1) is 17.7. The van der Waals surface area contributed by atoms with Gasteiger partial charge in [-0.2, -0.15) is 0 Å². The molecule has 0 saturated heterocycles. The molecule has 0 bridgehead atoms. The lowest BCUT2D eigenvalue weighted by Gasteiger charge is -2.18. The number of aliphatic carboxylic acids is 1. The minimum absolute atomic E-state index is 0.0888. The monoisotopic (exact) mass is 507 g/mol. The molecular formula is C29H31F2N3O3. The number of carboxylic acids is 1. The van der Waals surface area contributed by atoms with Gasteiger partial charge in [-0.3, -0.25) is 14.6 Å². The molecule has 6 nitrogen and oxygen atoms in total. The standard InChI is InChI=1S/C19H17F2NO2.C10H14N2O/c1-4-22-16(10-17(23)24)14-8-13(9-15(20)19(14)21)18-11(2)6-5-7-12(18)3;1-2-3-7-12-10(13)9-6-4-5-8-11-9/h1,5-9,16,22H,10H2,2-3H3,(H,23,24);4-6,8H,2-3,7H2,1H3,(H,12,13). The van der Waals surface area contributed by atoms with E-state index < -0.39 is 30.1 Å². The van der Waals surface area contributed by atoms with Crippen molar-refractivity contribution in [1.29, 1.82) is 0 Å². The average molecular weight is 508 g/mol. The molecule has 3 aromatic rings.